The second kappa shape index (κ2) is 5.97. The van der Waals surface area contributed by atoms with Gasteiger partial charge in [-0.15, -0.1) is 0 Å². The van der Waals surface area contributed by atoms with Gasteiger partial charge in [0.25, 0.3) is 0 Å². The van der Waals surface area contributed by atoms with Crippen LogP contribution in [0.15, 0.2) is 78.9 Å². The topological polar surface area (TPSA) is 17.8 Å². The van der Waals surface area contributed by atoms with Crippen molar-refractivity contribution in [2.45, 2.75) is 19.8 Å². The van der Waals surface area contributed by atoms with Gasteiger partial charge in [-0.3, -0.25) is 4.57 Å². The van der Waals surface area contributed by atoms with Gasteiger partial charge in [-0.1, -0.05) is 74.5 Å². The standard InChI is InChI=1S/C22H20N2/c1-16(2)22-23-19-13-7-9-15-21(19)24(22)20-14-8-6-12-18(20)17-10-4-3-5-11-17/h3-16H,1-2H3. The molecule has 0 unspecified atom stereocenters. The van der Waals surface area contributed by atoms with Gasteiger partial charge < -0.3 is 0 Å². The molecule has 2 heteroatoms. The molecule has 0 saturated carbocycles. The number of hydrogen-bond donors (Lipinski definition) is 0. The maximum Gasteiger partial charge on any atom is 0.117 e. The molecule has 0 saturated heterocycles. The van der Waals surface area contributed by atoms with Gasteiger partial charge in [0, 0.05) is 11.5 Å². The number of benzene rings is 3. The summed E-state index contributed by atoms with van der Waals surface area (Å²) in [4.78, 5) is 4.89. The van der Waals surface area contributed by atoms with Crippen molar-refractivity contribution < 1.29 is 0 Å². The Balaban J connectivity index is 2.04. The Labute approximate surface area is 142 Å². The summed E-state index contributed by atoms with van der Waals surface area (Å²) in [7, 11) is 0. The monoisotopic (exact) mass is 312 g/mol. The molecule has 1 heterocycles. The molecular weight excluding hydrogens is 292 g/mol. The molecule has 0 aliphatic carbocycles. The summed E-state index contributed by atoms with van der Waals surface area (Å²) < 4.78 is 2.31. The van der Waals surface area contributed by atoms with Crippen LogP contribution in [0.2, 0.25) is 0 Å². The first-order valence-electron chi connectivity index (χ1n) is 8.38. The molecule has 118 valence electrons. The van der Waals surface area contributed by atoms with E-state index in [0.717, 1.165) is 16.9 Å². The zero-order chi connectivity index (χ0) is 16.5. The second-order valence-corrected chi connectivity index (χ2v) is 6.33. The Kier molecular flexibility index (Phi) is 3.66. The summed E-state index contributed by atoms with van der Waals surface area (Å²) in [6.45, 7) is 4.39. The number of fused-ring (bicyclic) bond motifs is 1. The van der Waals surface area contributed by atoms with Gasteiger partial charge in [0.1, 0.15) is 5.82 Å². The summed E-state index contributed by atoms with van der Waals surface area (Å²) in [5.41, 5.74) is 5.83. The number of nitrogens with zero attached hydrogens (tertiary/aromatic N) is 2. The fraction of sp³-hybridized carbons (Fsp3) is 0.136. The van der Waals surface area contributed by atoms with E-state index in [0.29, 0.717) is 5.92 Å². The van der Waals surface area contributed by atoms with Gasteiger partial charge >= 0.3 is 0 Å². The number of rotatable bonds is 3. The average Bonchev–Trinajstić information content (AvgIpc) is 3.02. The van der Waals surface area contributed by atoms with E-state index in [-0.39, 0.29) is 0 Å². The third-order valence-corrected chi connectivity index (χ3v) is 4.33. The summed E-state index contributed by atoms with van der Waals surface area (Å²) in [5, 5.41) is 0. The van der Waals surface area contributed by atoms with Gasteiger partial charge in [0.05, 0.1) is 16.7 Å². The van der Waals surface area contributed by atoms with E-state index in [2.05, 4.69) is 91.2 Å². The van der Waals surface area contributed by atoms with Crippen LogP contribution in [-0.4, -0.2) is 9.55 Å². The van der Waals surface area contributed by atoms with Crippen LogP contribution in [0, 0.1) is 0 Å². The van der Waals surface area contributed by atoms with Crippen LogP contribution in [0.1, 0.15) is 25.6 Å². The van der Waals surface area contributed by atoms with E-state index in [4.69, 9.17) is 4.98 Å². The molecular formula is C22H20N2. The molecule has 0 aliphatic heterocycles. The van der Waals surface area contributed by atoms with Crippen LogP contribution in [0.5, 0.6) is 0 Å². The highest BCUT2D eigenvalue weighted by molar-refractivity contribution is 5.82. The smallest absolute Gasteiger partial charge is 0.117 e. The minimum atomic E-state index is 0.348. The normalized spacial score (nSPS) is 11.3. The zero-order valence-corrected chi connectivity index (χ0v) is 14.0. The van der Waals surface area contributed by atoms with Crippen molar-refractivity contribution in [2.24, 2.45) is 0 Å². The van der Waals surface area contributed by atoms with E-state index in [1.807, 2.05) is 6.07 Å². The number of imidazole rings is 1. The lowest BCUT2D eigenvalue weighted by molar-refractivity contribution is 0.760. The van der Waals surface area contributed by atoms with E-state index in [1.54, 1.807) is 0 Å². The number of aromatic nitrogens is 2. The Hall–Kier alpha value is -2.87. The van der Waals surface area contributed by atoms with Crippen LogP contribution >= 0.6 is 0 Å². The van der Waals surface area contributed by atoms with Crippen molar-refractivity contribution >= 4 is 11.0 Å². The van der Waals surface area contributed by atoms with Crippen LogP contribution < -0.4 is 0 Å². The molecule has 0 spiro atoms. The molecule has 1 aromatic heterocycles. The first-order chi connectivity index (χ1) is 11.8. The van der Waals surface area contributed by atoms with Crippen molar-refractivity contribution in [3.63, 3.8) is 0 Å². The summed E-state index contributed by atoms with van der Waals surface area (Å²) in [6, 6.07) is 27.5. The molecule has 0 atom stereocenters. The van der Waals surface area contributed by atoms with Gasteiger partial charge in [0.2, 0.25) is 0 Å². The first-order valence-corrected chi connectivity index (χ1v) is 8.38. The average molecular weight is 312 g/mol. The van der Waals surface area contributed by atoms with E-state index in [1.165, 1.54) is 16.8 Å². The lowest BCUT2D eigenvalue weighted by Crippen LogP contribution is -2.04. The molecule has 0 radical (unpaired) electrons. The summed E-state index contributed by atoms with van der Waals surface area (Å²) in [6.07, 6.45) is 0. The third-order valence-electron chi connectivity index (χ3n) is 4.33. The fourth-order valence-electron chi connectivity index (χ4n) is 3.22. The van der Waals surface area contributed by atoms with Crippen LogP contribution in [0.3, 0.4) is 0 Å². The minimum Gasteiger partial charge on any atom is -0.295 e. The summed E-state index contributed by atoms with van der Waals surface area (Å²) in [5.74, 6) is 1.45. The second-order valence-electron chi connectivity index (χ2n) is 6.33. The van der Waals surface area contributed by atoms with Crippen molar-refractivity contribution in [1.82, 2.24) is 9.55 Å². The number of para-hydroxylation sites is 3. The molecule has 0 fully saturated rings. The SMILES string of the molecule is CC(C)c1nc2ccccc2n1-c1ccccc1-c1ccccc1. The van der Waals surface area contributed by atoms with Crippen LogP contribution in [-0.2, 0) is 0 Å². The lowest BCUT2D eigenvalue weighted by Gasteiger charge is -2.16. The van der Waals surface area contributed by atoms with Crippen LogP contribution in [0.25, 0.3) is 27.8 Å². The predicted molar refractivity (Wildman–Crippen MR) is 101 cm³/mol. The molecule has 4 rings (SSSR count). The number of hydrogen-bond acceptors (Lipinski definition) is 1. The molecule has 2 nitrogen and oxygen atoms in total. The molecule has 0 N–H and O–H groups in total. The maximum atomic E-state index is 4.89. The van der Waals surface area contributed by atoms with E-state index in [9.17, 15) is 0 Å². The highest BCUT2D eigenvalue weighted by Crippen LogP contribution is 2.32. The van der Waals surface area contributed by atoms with E-state index < -0.39 is 0 Å². The molecule has 0 aliphatic rings. The molecule has 0 amide bonds. The van der Waals surface area contributed by atoms with Crippen molar-refractivity contribution in [3.8, 4) is 16.8 Å². The largest absolute Gasteiger partial charge is 0.295 e. The predicted octanol–water partition coefficient (Wildman–Crippen LogP) is 5.82. The van der Waals surface area contributed by atoms with Crippen LogP contribution in [0.4, 0.5) is 0 Å². The van der Waals surface area contributed by atoms with Gasteiger partial charge in [-0.05, 0) is 23.8 Å². The molecule has 3 aromatic carbocycles. The Morgan fingerprint density at radius 2 is 1.42 bits per heavy atom. The molecule has 0 bridgehead atoms. The first kappa shape index (κ1) is 14.7. The van der Waals surface area contributed by atoms with Gasteiger partial charge in [0.15, 0.2) is 0 Å². The maximum absolute atomic E-state index is 4.89. The fourth-order valence-corrected chi connectivity index (χ4v) is 3.22. The molecule has 24 heavy (non-hydrogen) atoms. The highest BCUT2D eigenvalue weighted by atomic mass is 15.1. The van der Waals surface area contributed by atoms with Gasteiger partial charge in [-0.25, -0.2) is 4.98 Å². The van der Waals surface area contributed by atoms with Crippen molar-refractivity contribution in [2.75, 3.05) is 0 Å². The summed E-state index contributed by atoms with van der Waals surface area (Å²) >= 11 is 0. The molecule has 4 aromatic rings. The van der Waals surface area contributed by atoms with Crippen molar-refractivity contribution in [1.29, 1.82) is 0 Å². The van der Waals surface area contributed by atoms with E-state index >= 15 is 0 Å². The minimum absolute atomic E-state index is 0.348. The quantitative estimate of drug-likeness (QED) is 0.466. The zero-order valence-electron chi connectivity index (χ0n) is 14.0. The Morgan fingerprint density at radius 3 is 2.21 bits per heavy atom. The lowest BCUT2D eigenvalue weighted by atomic mass is 10.0. The van der Waals surface area contributed by atoms with Crippen molar-refractivity contribution in [3.05, 3.63) is 84.7 Å². The Morgan fingerprint density at radius 1 is 0.750 bits per heavy atom. The Bertz CT molecular complexity index is 981. The van der Waals surface area contributed by atoms with Gasteiger partial charge in [-0.2, -0.15) is 0 Å². The third kappa shape index (κ3) is 2.41. The highest BCUT2D eigenvalue weighted by Gasteiger charge is 2.17.